The Labute approximate surface area is 204 Å². The quantitative estimate of drug-likeness (QED) is 0.143. The molecule has 0 atom stereocenters. The number of benzene rings is 3. The highest BCUT2D eigenvalue weighted by molar-refractivity contribution is 8.18. The summed E-state index contributed by atoms with van der Waals surface area (Å²) in [5.41, 5.74) is 0.578. The summed E-state index contributed by atoms with van der Waals surface area (Å²) < 4.78 is 10.9. The van der Waals surface area contributed by atoms with Gasteiger partial charge in [-0.05, 0) is 59.8 Å². The molecule has 3 aromatic rings. The number of hydrogen-bond acceptors (Lipinski definition) is 8. The number of nitro groups is 1. The highest BCUT2D eigenvalue weighted by Gasteiger charge is 2.34. The van der Waals surface area contributed by atoms with E-state index in [0.29, 0.717) is 11.3 Å². The summed E-state index contributed by atoms with van der Waals surface area (Å²) in [6.07, 6.45) is 1.55. The van der Waals surface area contributed by atoms with Crippen molar-refractivity contribution in [1.29, 1.82) is 0 Å². The smallest absolute Gasteiger partial charge is 0.343 e. The molecule has 0 unspecified atom stereocenters. The lowest BCUT2D eigenvalue weighted by molar-refractivity contribution is -0.384. The third-order valence-corrected chi connectivity index (χ3v) is 5.79. The first-order valence-corrected chi connectivity index (χ1v) is 11.2. The van der Waals surface area contributed by atoms with E-state index in [2.05, 4.69) is 0 Å². The van der Waals surface area contributed by atoms with Gasteiger partial charge in [0.05, 0.1) is 21.9 Å². The van der Waals surface area contributed by atoms with Gasteiger partial charge in [0.15, 0.2) is 0 Å². The summed E-state index contributed by atoms with van der Waals surface area (Å²) in [4.78, 5) is 49.0. The van der Waals surface area contributed by atoms with E-state index in [9.17, 15) is 24.5 Å². The number of esters is 1. The number of carbonyl (C=O) groups excluding carboxylic acids is 3. The van der Waals surface area contributed by atoms with Gasteiger partial charge < -0.3 is 9.47 Å². The highest BCUT2D eigenvalue weighted by Crippen LogP contribution is 2.32. The lowest BCUT2D eigenvalue weighted by Gasteiger charge is -2.13. The van der Waals surface area contributed by atoms with Crippen molar-refractivity contribution >= 4 is 40.6 Å². The average Bonchev–Trinajstić information content (AvgIpc) is 3.12. The minimum absolute atomic E-state index is 0.115. The largest absolute Gasteiger partial charge is 0.492 e. The molecule has 1 fully saturated rings. The zero-order valence-electron chi connectivity index (χ0n) is 18.2. The van der Waals surface area contributed by atoms with Crippen LogP contribution in [-0.2, 0) is 4.79 Å². The molecule has 0 spiro atoms. The van der Waals surface area contributed by atoms with Crippen LogP contribution < -0.4 is 9.47 Å². The van der Waals surface area contributed by atoms with Crippen molar-refractivity contribution in [3.05, 3.63) is 105 Å². The maximum Gasteiger partial charge on any atom is 0.343 e. The zero-order valence-corrected chi connectivity index (χ0v) is 19.0. The van der Waals surface area contributed by atoms with Gasteiger partial charge in [-0.2, -0.15) is 0 Å². The number of hydrogen-bond donors (Lipinski definition) is 0. The Balaban J connectivity index is 1.39. The molecule has 1 heterocycles. The van der Waals surface area contributed by atoms with Gasteiger partial charge in [0.2, 0.25) is 0 Å². The van der Waals surface area contributed by atoms with Crippen molar-refractivity contribution in [2.24, 2.45) is 0 Å². The zero-order chi connectivity index (χ0) is 24.8. The van der Waals surface area contributed by atoms with Gasteiger partial charge in [-0.3, -0.25) is 24.6 Å². The molecule has 0 aromatic heterocycles. The molecule has 1 aliphatic rings. The Morgan fingerprint density at radius 2 is 1.69 bits per heavy atom. The SMILES string of the molecule is O=C(Oc1cccc(/C=C2\SC(=O)N(CCOc3ccccc3)C2=O)c1)c1ccc([N+](=O)[O-])cc1. The summed E-state index contributed by atoms with van der Waals surface area (Å²) in [6.45, 7) is 0.285. The number of ether oxygens (including phenoxy) is 2. The van der Waals surface area contributed by atoms with Gasteiger partial charge in [-0.25, -0.2) is 4.79 Å². The molecule has 1 saturated heterocycles. The molecular formula is C25H18N2O7S. The first kappa shape index (κ1) is 23.7. The second kappa shape index (κ2) is 10.7. The Hall–Kier alpha value is -4.44. The van der Waals surface area contributed by atoms with E-state index in [1.54, 1.807) is 42.5 Å². The van der Waals surface area contributed by atoms with E-state index in [-0.39, 0.29) is 35.1 Å². The number of amides is 2. The molecule has 1 aliphatic heterocycles. The molecule has 35 heavy (non-hydrogen) atoms. The van der Waals surface area contributed by atoms with Crippen LogP contribution in [0.4, 0.5) is 10.5 Å². The lowest BCUT2D eigenvalue weighted by atomic mass is 10.2. The number of non-ortho nitro benzene ring substituents is 1. The fraction of sp³-hybridized carbons (Fsp3) is 0.0800. The fourth-order valence-electron chi connectivity index (χ4n) is 3.17. The summed E-state index contributed by atoms with van der Waals surface area (Å²) in [7, 11) is 0. The normalized spacial score (nSPS) is 14.3. The summed E-state index contributed by atoms with van der Waals surface area (Å²) in [6, 6.07) is 20.6. The van der Waals surface area contributed by atoms with Gasteiger partial charge in [-0.15, -0.1) is 0 Å². The van der Waals surface area contributed by atoms with Gasteiger partial charge >= 0.3 is 5.97 Å². The molecule has 0 bridgehead atoms. The summed E-state index contributed by atoms with van der Waals surface area (Å²) >= 11 is 0.823. The van der Waals surface area contributed by atoms with E-state index in [0.717, 1.165) is 16.7 Å². The van der Waals surface area contributed by atoms with Gasteiger partial charge in [0, 0.05) is 12.1 Å². The third kappa shape index (κ3) is 5.92. The number of rotatable bonds is 8. The third-order valence-electron chi connectivity index (χ3n) is 4.88. The number of nitro benzene ring substituents is 1. The average molecular weight is 490 g/mol. The van der Waals surface area contributed by atoms with Crippen LogP contribution in [0.25, 0.3) is 6.08 Å². The van der Waals surface area contributed by atoms with Gasteiger partial charge in [0.25, 0.3) is 16.8 Å². The number of para-hydroxylation sites is 1. The first-order valence-electron chi connectivity index (χ1n) is 10.4. The van der Waals surface area contributed by atoms with Crippen LogP contribution in [0.3, 0.4) is 0 Å². The monoisotopic (exact) mass is 490 g/mol. The Bertz CT molecular complexity index is 1310. The van der Waals surface area contributed by atoms with Gasteiger partial charge in [-0.1, -0.05) is 30.3 Å². The molecule has 176 valence electrons. The lowest BCUT2D eigenvalue weighted by Crippen LogP contribution is -2.32. The van der Waals surface area contributed by atoms with Crippen LogP contribution in [0.1, 0.15) is 15.9 Å². The predicted octanol–water partition coefficient (Wildman–Crippen LogP) is 4.93. The first-order chi connectivity index (χ1) is 16.9. The minimum Gasteiger partial charge on any atom is -0.492 e. The topological polar surface area (TPSA) is 116 Å². The minimum atomic E-state index is -0.684. The van der Waals surface area contributed by atoms with Crippen molar-refractivity contribution in [1.82, 2.24) is 4.90 Å². The second-order valence-electron chi connectivity index (χ2n) is 7.26. The van der Waals surface area contributed by atoms with Gasteiger partial charge in [0.1, 0.15) is 18.1 Å². The second-order valence-corrected chi connectivity index (χ2v) is 8.25. The number of imide groups is 1. The van der Waals surface area contributed by atoms with E-state index >= 15 is 0 Å². The number of nitrogens with zero attached hydrogens (tertiary/aromatic N) is 2. The molecule has 0 N–H and O–H groups in total. The fourth-order valence-corrected chi connectivity index (χ4v) is 4.03. The summed E-state index contributed by atoms with van der Waals surface area (Å²) in [5.74, 6) is -0.242. The van der Waals surface area contributed by atoms with E-state index in [1.807, 2.05) is 18.2 Å². The van der Waals surface area contributed by atoms with E-state index in [1.165, 1.54) is 24.3 Å². The van der Waals surface area contributed by atoms with Crippen molar-refractivity contribution in [2.75, 3.05) is 13.2 Å². The van der Waals surface area contributed by atoms with Crippen LogP contribution in [0, 0.1) is 10.1 Å². The standard InChI is InChI=1S/C25H18N2O7S/c28-23-22(35-25(30)26(23)13-14-33-20-6-2-1-3-7-20)16-17-5-4-8-21(15-17)34-24(29)18-9-11-19(12-10-18)27(31)32/h1-12,15-16H,13-14H2/b22-16-. The molecule has 0 aliphatic carbocycles. The number of carbonyl (C=O) groups is 3. The highest BCUT2D eigenvalue weighted by atomic mass is 32.2. The van der Waals surface area contributed by atoms with Crippen LogP contribution in [0.2, 0.25) is 0 Å². The Morgan fingerprint density at radius 1 is 0.971 bits per heavy atom. The maximum absolute atomic E-state index is 12.7. The molecular weight excluding hydrogens is 472 g/mol. The van der Waals surface area contributed by atoms with Crippen LogP contribution >= 0.6 is 11.8 Å². The molecule has 2 amide bonds. The van der Waals surface area contributed by atoms with E-state index < -0.39 is 22.0 Å². The van der Waals surface area contributed by atoms with Crippen LogP contribution in [0.5, 0.6) is 11.5 Å². The van der Waals surface area contributed by atoms with E-state index in [4.69, 9.17) is 9.47 Å². The molecule has 0 saturated carbocycles. The van der Waals surface area contributed by atoms with Crippen LogP contribution in [-0.4, -0.2) is 40.1 Å². The molecule has 10 heteroatoms. The molecule has 9 nitrogen and oxygen atoms in total. The maximum atomic E-state index is 12.7. The van der Waals surface area contributed by atoms with Crippen molar-refractivity contribution < 1.29 is 28.8 Å². The Morgan fingerprint density at radius 3 is 2.40 bits per heavy atom. The molecule has 4 rings (SSSR count). The van der Waals surface area contributed by atoms with Crippen molar-refractivity contribution in [2.45, 2.75) is 0 Å². The van der Waals surface area contributed by atoms with Crippen LogP contribution in [0.15, 0.2) is 83.8 Å². The van der Waals surface area contributed by atoms with Crippen molar-refractivity contribution in [3.8, 4) is 11.5 Å². The molecule has 0 radical (unpaired) electrons. The molecule has 3 aromatic carbocycles. The Kier molecular flexibility index (Phi) is 7.22. The number of thioether (sulfide) groups is 1. The summed E-state index contributed by atoms with van der Waals surface area (Å²) in [5, 5.41) is 10.4. The van der Waals surface area contributed by atoms with Crippen molar-refractivity contribution in [3.63, 3.8) is 0 Å². The predicted molar refractivity (Wildman–Crippen MR) is 129 cm³/mol.